The molecule has 0 unspecified atom stereocenters. The average molecular weight is 378 g/mol. The molecule has 26 heavy (non-hydrogen) atoms. The maximum atomic E-state index is 11.6. The monoisotopic (exact) mass is 377 g/mol. The van der Waals surface area contributed by atoms with Gasteiger partial charge in [-0.1, -0.05) is 29.8 Å². The first-order valence-corrected chi connectivity index (χ1v) is 9.49. The minimum Gasteiger partial charge on any atom is -0.444 e. The summed E-state index contributed by atoms with van der Waals surface area (Å²) in [4.78, 5) is 14.0. The third-order valence-corrected chi connectivity index (χ3v) is 4.96. The molecule has 5 nitrogen and oxygen atoms in total. The maximum absolute atomic E-state index is 11.6. The summed E-state index contributed by atoms with van der Waals surface area (Å²) in [6, 6.07) is 10.2. The van der Waals surface area contributed by atoms with E-state index in [1.807, 2.05) is 45.0 Å². The number of amides is 1. The summed E-state index contributed by atoms with van der Waals surface area (Å²) in [5, 5.41) is 13.2. The van der Waals surface area contributed by atoms with Gasteiger partial charge in [-0.25, -0.2) is 4.79 Å². The van der Waals surface area contributed by atoms with Crippen LogP contribution in [0.2, 0.25) is 5.02 Å². The van der Waals surface area contributed by atoms with E-state index in [4.69, 9.17) is 16.3 Å². The molecule has 1 heterocycles. The number of ether oxygens (including phenoxy) is 1. The molecule has 0 spiro atoms. The van der Waals surface area contributed by atoms with E-state index in [9.17, 15) is 10.1 Å². The minimum absolute atomic E-state index is 0.377. The van der Waals surface area contributed by atoms with Crippen LogP contribution in [-0.4, -0.2) is 42.8 Å². The number of hydrogen-bond acceptors (Lipinski definition) is 4. The number of piperidine rings is 1. The molecule has 1 amide bonds. The van der Waals surface area contributed by atoms with Crippen LogP contribution in [0.4, 0.5) is 4.79 Å². The second-order valence-corrected chi connectivity index (χ2v) is 8.20. The lowest BCUT2D eigenvalue weighted by atomic mass is 9.74. The first-order chi connectivity index (χ1) is 12.3. The summed E-state index contributed by atoms with van der Waals surface area (Å²) in [6.07, 6.45) is 2.02. The van der Waals surface area contributed by atoms with Gasteiger partial charge < -0.3 is 15.0 Å². The van der Waals surface area contributed by atoms with Crippen molar-refractivity contribution in [2.75, 3.05) is 26.2 Å². The largest absolute Gasteiger partial charge is 0.444 e. The average Bonchev–Trinajstić information content (AvgIpc) is 2.58. The third-order valence-electron chi connectivity index (χ3n) is 4.63. The summed E-state index contributed by atoms with van der Waals surface area (Å²) >= 11 is 6.32. The number of likely N-dealkylation sites (tertiary alicyclic amines) is 1. The molecule has 0 bridgehead atoms. The van der Waals surface area contributed by atoms with E-state index in [-0.39, 0.29) is 6.09 Å². The zero-order valence-corrected chi connectivity index (χ0v) is 16.6. The van der Waals surface area contributed by atoms with E-state index in [0.29, 0.717) is 11.6 Å². The van der Waals surface area contributed by atoms with Gasteiger partial charge in [-0.2, -0.15) is 5.26 Å². The standard InChI is InChI=1S/C20H28ClN3O2/c1-19(2,3)26-18(25)23-11-6-12-24-13-9-20(15-22,10-14-24)16-7-4-5-8-17(16)21/h4-5,7-8H,6,9-14H2,1-3H3,(H,23,25). The molecule has 1 fully saturated rings. The lowest BCUT2D eigenvalue weighted by Crippen LogP contribution is -2.43. The summed E-state index contributed by atoms with van der Waals surface area (Å²) in [6.45, 7) is 8.72. The SMILES string of the molecule is CC(C)(C)OC(=O)NCCCN1CCC(C#N)(c2ccccc2Cl)CC1. The minimum atomic E-state index is -0.496. The zero-order valence-electron chi connectivity index (χ0n) is 15.8. The summed E-state index contributed by atoms with van der Waals surface area (Å²) in [5.74, 6) is 0. The Labute approximate surface area is 161 Å². The molecule has 0 radical (unpaired) electrons. The predicted molar refractivity (Wildman–Crippen MR) is 103 cm³/mol. The molecule has 6 heteroatoms. The van der Waals surface area contributed by atoms with Crippen molar-refractivity contribution >= 4 is 17.7 Å². The van der Waals surface area contributed by atoms with Crippen LogP contribution in [0.15, 0.2) is 24.3 Å². The topological polar surface area (TPSA) is 65.4 Å². The normalized spacial score (nSPS) is 17.3. The lowest BCUT2D eigenvalue weighted by molar-refractivity contribution is 0.0525. The number of carbonyl (C=O) groups excluding carboxylic acids is 1. The van der Waals surface area contributed by atoms with E-state index in [1.165, 1.54) is 0 Å². The highest BCUT2D eigenvalue weighted by atomic mass is 35.5. The van der Waals surface area contributed by atoms with Gasteiger partial charge in [-0.05, 0) is 71.3 Å². The summed E-state index contributed by atoms with van der Waals surface area (Å²) in [7, 11) is 0. The number of nitrogens with one attached hydrogen (secondary N) is 1. The molecule has 2 rings (SSSR count). The van der Waals surface area contributed by atoms with E-state index in [1.54, 1.807) is 0 Å². The third kappa shape index (κ3) is 5.62. The highest BCUT2D eigenvalue weighted by Gasteiger charge is 2.37. The van der Waals surface area contributed by atoms with E-state index >= 15 is 0 Å². The maximum Gasteiger partial charge on any atom is 0.407 e. The second kappa shape index (κ2) is 8.75. The number of hydrogen-bond donors (Lipinski definition) is 1. The van der Waals surface area contributed by atoms with Crippen LogP contribution in [0, 0.1) is 11.3 Å². The number of nitriles is 1. The van der Waals surface area contributed by atoms with Crippen molar-refractivity contribution in [3.8, 4) is 6.07 Å². The van der Waals surface area contributed by atoms with Crippen LogP contribution < -0.4 is 5.32 Å². The first kappa shape index (κ1) is 20.5. The van der Waals surface area contributed by atoms with Crippen molar-refractivity contribution in [2.24, 2.45) is 0 Å². The van der Waals surface area contributed by atoms with Gasteiger partial charge in [-0.3, -0.25) is 0 Å². The van der Waals surface area contributed by atoms with Crippen molar-refractivity contribution in [1.82, 2.24) is 10.2 Å². The smallest absolute Gasteiger partial charge is 0.407 e. The molecule has 142 valence electrons. The van der Waals surface area contributed by atoms with Gasteiger partial charge >= 0.3 is 6.09 Å². The van der Waals surface area contributed by atoms with Crippen molar-refractivity contribution in [3.05, 3.63) is 34.9 Å². The van der Waals surface area contributed by atoms with Gasteiger partial charge in [0.15, 0.2) is 0 Å². The fourth-order valence-electron chi connectivity index (χ4n) is 3.26. The van der Waals surface area contributed by atoms with Gasteiger partial charge in [0.05, 0.1) is 11.5 Å². The molecular formula is C20H28ClN3O2. The van der Waals surface area contributed by atoms with E-state index in [0.717, 1.165) is 44.5 Å². The van der Waals surface area contributed by atoms with Crippen LogP contribution in [0.5, 0.6) is 0 Å². The van der Waals surface area contributed by atoms with Crippen LogP contribution >= 0.6 is 11.6 Å². The fourth-order valence-corrected chi connectivity index (χ4v) is 3.57. The lowest BCUT2D eigenvalue weighted by Gasteiger charge is -2.38. The summed E-state index contributed by atoms with van der Waals surface area (Å²) < 4.78 is 5.22. The molecule has 0 saturated carbocycles. The van der Waals surface area contributed by atoms with Gasteiger partial charge in [0.25, 0.3) is 0 Å². The van der Waals surface area contributed by atoms with Crippen molar-refractivity contribution in [1.29, 1.82) is 5.26 Å². The van der Waals surface area contributed by atoms with Gasteiger partial charge in [0.1, 0.15) is 5.60 Å². The number of alkyl carbamates (subject to hydrolysis) is 1. The molecule has 1 aliphatic rings. The van der Waals surface area contributed by atoms with Crippen LogP contribution in [-0.2, 0) is 10.2 Å². The molecular weight excluding hydrogens is 350 g/mol. The number of rotatable bonds is 5. The van der Waals surface area contributed by atoms with Crippen LogP contribution in [0.1, 0.15) is 45.6 Å². The zero-order chi connectivity index (χ0) is 19.2. The van der Waals surface area contributed by atoms with E-state index < -0.39 is 11.0 Å². The molecule has 1 aromatic rings. The van der Waals surface area contributed by atoms with Crippen molar-refractivity contribution in [2.45, 2.75) is 51.0 Å². The molecule has 0 aromatic heterocycles. The highest BCUT2D eigenvalue weighted by molar-refractivity contribution is 6.31. The molecule has 0 atom stereocenters. The highest BCUT2D eigenvalue weighted by Crippen LogP contribution is 2.38. The van der Waals surface area contributed by atoms with Gasteiger partial charge in [0.2, 0.25) is 0 Å². The van der Waals surface area contributed by atoms with Gasteiger partial charge in [-0.15, -0.1) is 0 Å². The quantitative estimate of drug-likeness (QED) is 0.784. The Hall–Kier alpha value is -1.77. The Bertz CT molecular complexity index is 656. The number of nitrogens with zero attached hydrogens (tertiary/aromatic N) is 2. The summed E-state index contributed by atoms with van der Waals surface area (Å²) in [5.41, 5.74) is -0.0321. The molecule has 0 aliphatic carbocycles. The number of halogens is 1. The number of carbonyl (C=O) groups is 1. The second-order valence-electron chi connectivity index (χ2n) is 7.80. The Balaban J connectivity index is 1.77. The van der Waals surface area contributed by atoms with Crippen molar-refractivity contribution in [3.63, 3.8) is 0 Å². The Kier molecular flexibility index (Phi) is 6.91. The Morgan fingerprint density at radius 3 is 2.58 bits per heavy atom. The molecule has 1 aromatic carbocycles. The van der Waals surface area contributed by atoms with Gasteiger partial charge in [0, 0.05) is 11.6 Å². The van der Waals surface area contributed by atoms with Crippen molar-refractivity contribution < 1.29 is 9.53 Å². The Morgan fingerprint density at radius 1 is 1.35 bits per heavy atom. The fraction of sp³-hybridized carbons (Fsp3) is 0.600. The van der Waals surface area contributed by atoms with Crippen LogP contribution in [0.3, 0.4) is 0 Å². The Morgan fingerprint density at radius 2 is 2.00 bits per heavy atom. The first-order valence-electron chi connectivity index (χ1n) is 9.11. The van der Waals surface area contributed by atoms with E-state index in [2.05, 4.69) is 16.3 Å². The molecule has 1 saturated heterocycles. The van der Waals surface area contributed by atoms with Crippen LogP contribution in [0.25, 0.3) is 0 Å². The molecule has 1 aliphatic heterocycles. The number of benzene rings is 1. The predicted octanol–water partition coefficient (Wildman–Crippen LogP) is 4.11. The molecule has 1 N–H and O–H groups in total.